The molecule has 0 aliphatic heterocycles. The van der Waals surface area contributed by atoms with Crippen LogP contribution in [0.5, 0.6) is 0 Å². The van der Waals surface area contributed by atoms with E-state index in [1.54, 1.807) is 32.9 Å². The third kappa shape index (κ3) is 6.20. The van der Waals surface area contributed by atoms with Crippen molar-refractivity contribution in [2.45, 2.75) is 65.1 Å². The van der Waals surface area contributed by atoms with Crippen LogP contribution in [0.2, 0.25) is 0 Å². The Labute approximate surface area is 184 Å². The van der Waals surface area contributed by atoms with Gasteiger partial charge in [-0.2, -0.15) is 5.26 Å². The third-order valence-electron chi connectivity index (χ3n) is 4.03. The molecule has 1 aromatic carbocycles. The molecule has 2 amide bonds. The second-order valence-electron chi connectivity index (χ2n) is 8.84. The molecule has 0 spiro atoms. The lowest BCUT2D eigenvalue weighted by atomic mass is 10.0. The number of carbonyl (C=O) groups is 2. The summed E-state index contributed by atoms with van der Waals surface area (Å²) in [5.74, 6) is -0.182. The number of nitriles is 1. The fourth-order valence-electron chi connectivity index (χ4n) is 2.92. The molecule has 162 valence electrons. The van der Waals surface area contributed by atoms with Crippen LogP contribution in [0.4, 0.5) is 4.79 Å². The second kappa shape index (κ2) is 9.04. The van der Waals surface area contributed by atoms with Crippen molar-refractivity contribution >= 4 is 39.0 Å². The predicted molar refractivity (Wildman–Crippen MR) is 116 cm³/mol. The number of hydrogen-bond donors (Lipinski definition) is 1. The van der Waals surface area contributed by atoms with Crippen molar-refractivity contribution < 1.29 is 18.7 Å². The van der Waals surface area contributed by atoms with Gasteiger partial charge in [-0.1, -0.05) is 15.9 Å². The zero-order valence-electron chi connectivity index (χ0n) is 18.1. The van der Waals surface area contributed by atoms with E-state index in [0.717, 1.165) is 4.47 Å². The van der Waals surface area contributed by atoms with E-state index in [0.29, 0.717) is 17.0 Å². The number of halogens is 1. The highest BCUT2D eigenvalue weighted by atomic mass is 79.9. The van der Waals surface area contributed by atoms with Crippen molar-refractivity contribution in [2.75, 3.05) is 6.54 Å². The van der Waals surface area contributed by atoms with Gasteiger partial charge in [-0.15, -0.1) is 0 Å². The number of fused-ring (bicyclic) bond motifs is 1. The molecule has 0 unspecified atom stereocenters. The summed E-state index contributed by atoms with van der Waals surface area (Å²) in [7, 11) is 0. The van der Waals surface area contributed by atoms with E-state index < -0.39 is 29.2 Å². The van der Waals surface area contributed by atoms with Gasteiger partial charge in [0.1, 0.15) is 23.7 Å². The van der Waals surface area contributed by atoms with Crippen LogP contribution in [0.25, 0.3) is 11.1 Å². The summed E-state index contributed by atoms with van der Waals surface area (Å²) in [6, 6.07) is 6.32. The Morgan fingerprint density at radius 1 is 1.30 bits per heavy atom. The highest BCUT2D eigenvalue weighted by Gasteiger charge is 2.40. The van der Waals surface area contributed by atoms with Crippen molar-refractivity contribution in [1.82, 2.24) is 15.2 Å². The van der Waals surface area contributed by atoms with Crippen molar-refractivity contribution in [3.8, 4) is 6.07 Å². The van der Waals surface area contributed by atoms with Crippen LogP contribution < -0.4 is 5.32 Å². The molecule has 1 heterocycles. The molecule has 0 radical (unpaired) electrons. The van der Waals surface area contributed by atoms with Crippen molar-refractivity contribution in [1.29, 1.82) is 5.26 Å². The molecule has 0 saturated carbocycles. The molecule has 0 aliphatic carbocycles. The molecule has 1 atom stereocenters. The van der Waals surface area contributed by atoms with Gasteiger partial charge in [0.25, 0.3) is 0 Å². The molecule has 0 saturated heterocycles. The summed E-state index contributed by atoms with van der Waals surface area (Å²) in [5.41, 5.74) is -0.274. The van der Waals surface area contributed by atoms with E-state index >= 15 is 0 Å². The minimum Gasteiger partial charge on any atom is -0.444 e. The second-order valence-corrected chi connectivity index (χ2v) is 9.75. The average molecular weight is 479 g/mol. The first-order chi connectivity index (χ1) is 13.8. The fraction of sp³-hybridized carbons (Fsp3) is 0.524. The number of carbonyl (C=O) groups excluding carboxylic acids is 2. The number of nitrogens with zero attached hydrogens (tertiary/aromatic N) is 3. The first-order valence-corrected chi connectivity index (χ1v) is 10.3. The van der Waals surface area contributed by atoms with Gasteiger partial charge in [-0.05, 0) is 59.7 Å². The SMILES string of the molecule is CC(C)(C)OC(=O)N([C@@H](Cc1nc2ccc(Br)cc2o1)C(=O)NCC#N)C(C)(C)C. The summed E-state index contributed by atoms with van der Waals surface area (Å²) in [6.07, 6.45) is -0.606. The molecule has 2 aromatic rings. The van der Waals surface area contributed by atoms with E-state index in [9.17, 15) is 9.59 Å². The molecule has 1 N–H and O–H groups in total. The van der Waals surface area contributed by atoms with Gasteiger partial charge in [-0.25, -0.2) is 9.78 Å². The van der Waals surface area contributed by atoms with Gasteiger partial charge in [0.15, 0.2) is 11.5 Å². The Bertz CT molecular complexity index is 966. The normalized spacial score (nSPS) is 12.9. The summed E-state index contributed by atoms with van der Waals surface area (Å²) in [5, 5.41) is 11.4. The molecular formula is C21H27BrN4O4. The highest BCUT2D eigenvalue weighted by molar-refractivity contribution is 9.10. The monoisotopic (exact) mass is 478 g/mol. The number of ether oxygens (including phenoxy) is 1. The minimum absolute atomic E-state index is 0.0279. The van der Waals surface area contributed by atoms with Gasteiger partial charge in [0.05, 0.1) is 12.5 Å². The van der Waals surface area contributed by atoms with Gasteiger partial charge in [0, 0.05) is 10.0 Å². The van der Waals surface area contributed by atoms with Crippen LogP contribution in [-0.2, 0) is 16.0 Å². The maximum atomic E-state index is 13.0. The van der Waals surface area contributed by atoms with E-state index in [4.69, 9.17) is 14.4 Å². The van der Waals surface area contributed by atoms with E-state index in [1.807, 2.05) is 32.9 Å². The van der Waals surface area contributed by atoms with Crippen LogP contribution in [0, 0.1) is 11.3 Å². The lowest BCUT2D eigenvalue weighted by Gasteiger charge is -2.41. The smallest absolute Gasteiger partial charge is 0.411 e. The minimum atomic E-state index is -0.982. The summed E-state index contributed by atoms with van der Waals surface area (Å²) in [6.45, 7) is 10.5. The first-order valence-electron chi connectivity index (χ1n) is 9.54. The average Bonchev–Trinajstić information content (AvgIpc) is 2.97. The number of benzene rings is 1. The zero-order valence-corrected chi connectivity index (χ0v) is 19.7. The van der Waals surface area contributed by atoms with Crippen LogP contribution in [0.15, 0.2) is 27.1 Å². The van der Waals surface area contributed by atoms with Gasteiger partial charge >= 0.3 is 6.09 Å². The molecule has 30 heavy (non-hydrogen) atoms. The number of amides is 2. The van der Waals surface area contributed by atoms with Gasteiger partial charge < -0.3 is 14.5 Å². The molecule has 9 heteroatoms. The quantitative estimate of drug-likeness (QED) is 0.645. The molecule has 0 fully saturated rings. The van der Waals surface area contributed by atoms with E-state index in [-0.39, 0.29) is 13.0 Å². The molecule has 1 aromatic heterocycles. The number of oxazole rings is 1. The molecule has 8 nitrogen and oxygen atoms in total. The Hall–Kier alpha value is -2.60. The van der Waals surface area contributed by atoms with Gasteiger partial charge in [0.2, 0.25) is 5.91 Å². The fourth-order valence-corrected chi connectivity index (χ4v) is 3.26. The summed E-state index contributed by atoms with van der Waals surface area (Å²) < 4.78 is 12.2. The van der Waals surface area contributed by atoms with Gasteiger partial charge in [-0.3, -0.25) is 9.69 Å². The first kappa shape index (κ1) is 23.7. The topological polar surface area (TPSA) is 108 Å². The van der Waals surface area contributed by atoms with E-state index in [1.165, 1.54) is 4.90 Å². The molecular weight excluding hydrogens is 452 g/mol. The number of aromatic nitrogens is 1. The summed E-state index contributed by atoms with van der Waals surface area (Å²) in [4.78, 5) is 31.8. The Kier molecular flexibility index (Phi) is 7.14. The Morgan fingerprint density at radius 3 is 2.53 bits per heavy atom. The van der Waals surface area contributed by atoms with E-state index in [2.05, 4.69) is 26.2 Å². The highest BCUT2D eigenvalue weighted by Crippen LogP contribution is 2.26. The predicted octanol–water partition coefficient (Wildman–Crippen LogP) is 4.18. The lowest BCUT2D eigenvalue weighted by molar-refractivity contribution is -0.128. The lowest BCUT2D eigenvalue weighted by Crippen LogP contribution is -2.59. The maximum Gasteiger partial charge on any atom is 0.411 e. The number of rotatable bonds is 5. The van der Waals surface area contributed by atoms with Crippen molar-refractivity contribution in [3.63, 3.8) is 0 Å². The Balaban J connectivity index is 2.45. The Morgan fingerprint density at radius 2 is 1.97 bits per heavy atom. The number of hydrogen-bond acceptors (Lipinski definition) is 6. The zero-order chi connectivity index (χ0) is 22.7. The third-order valence-corrected chi connectivity index (χ3v) is 4.52. The molecule has 0 aliphatic rings. The van der Waals surface area contributed by atoms with Crippen molar-refractivity contribution in [2.24, 2.45) is 0 Å². The standard InChI is InChI=1S/C21H27BrN4O4/c1-20(2,3)26(19(28)30-21(4,5)6)15(18(27)24-10-9-23)12-17-25-14-8-7-13(22)11-16(14)29-17/h7-8,11,15H,10,12H2,1-6H3,(H,24,27)/t15-/m0/s1. The summed E-state index contributed by atoms with van der Waals surface area (Å²) >= 11 is 3.39. The van der Waals surface area contributed by atoms with Crippen LogP contribution in [-0.4, -0.2) is 45.6 Å². The maximum absolute atomic E-state index is 13.0. The molecule has 2 rings (SSSR count). The van der Waals surface area contributed by atoms with Crippen LogP contribution in [0.1, 0.15) is 47.4 Å². The largest absolute Gasteiger partial charge is 0.444 e. The molecule has 0 bridgehead atoms. The number of nitrogens with one attached hydrogen (secondary N) is 1. The van der Waals surface area contributed by atoms with Crippen molar-refractivity contribution in [3.05, 3.63) is 28.6 Å². The van der Waals surface area contributed by atoms with Crippen LogP contribution >= 0.6 is 15.9 Å². The van der Waals surface area contributed by atoms with Crippen LogP contribution in [0.3, 0.4) is 0 Å².